The van der Waals surface area contributed by atoms with Crippen molar-refractivity contribution >= 4 is 27.3 Å². The van der Waals surface area contributed by atoms with E-state index < -0.39 is 15.9 Å². The van der Waals surface area contributed by atoms with Gasteiger partial charge in [0.2, 0.25) is 0 Å². The summed E-state index contributed by atoms with van der Waals surface area (Å²) in [7, 11) is -2.31. The predicted octanol–water partition coefficient (Wildman–Crippen LogP) is 3.14. The Hall–Kier alpha value is -3.39. The molecular formula is C19H17N3O4S. The van der Waals surface area contributed by atoms with Gasteiger partial charge in [0.1, 0.15) is 5.75 Å². The van der Waals surface area contributed by atoms with E-state index in [2.05, 4.69) is 15.0 Å². The summed E-state index contributed by atoms with van der Waals surface area (Å²) in [5.41, 5.74) is 1.19. The van der Waals surface area contributed by atoms with Crippen molar-refractivity contribution in [1.82, 2.24) is 4.98 Å². The smallest absolute Gasteiger partial charge is 0.261 e. The molecule has 1 heterocycles. The number of sulfonamides is 1. The number of amides is 1. The van der Waals surface area contributed by atoms with Crippen molar-refractivity contribution in [3.8, 4) is 5.75 Å². The number of methoxy groups -OCH3 is 1. The molecule has 27 heavy (non-hydrogen) atoms. The molecule has 3 rings (SSSR count). The van der Waals surface area contributed by atoms with Gasteiger partial charge in [-0.05, 0) is 54.6 Å². The first kappa shape index (κ1) is 18.4. The summed E-state index contributed by atoms with van der Waals surface area (Å²) < 4.78 is 32.7. The van der Waals surface area contributed by atoms with Crippen molar-refractivity contribution < 1.29 is 17.9 Å². The molecule has 8 heteroatoms. The van der Waals surface area contributed by atoms with Crippen LogP contribution in [0.1, 0.15) is 10.4 Å². The highest BCUT2D eigenvalue weighted by Gasteiger charge is 2.17. The van der Waals surface area contributed by atoms with Crippen molar-refractivity contribution in [2.24, 2.45) is 0 Å². The molecule has 0 aliphatic carbocycles. The third kappa shape index (κ3) is 4.62. The Morgan fingerprint density at radius 2 is 1.67 bits per heavy atom. The summed E-state index contributed by atoms with van der Waals surface area (Å²) in [6.07, 6.45) is 3.10. The van der Waals surface area contributed by atoms with Gasteiger partial charge in [-0.15, -0.1) is 0 Å². The molecule has 0 saturated carbocycles. The molecule has 0 saturated heterocycles. The van der Waals surface area contributed by atoms with Crippen LogP contribution in [0, 0.1) is 0 Å². The number of benzene rings is 2. The van der Waals surface area contributed by atoms with Crippen molar-refractivity contribution in [3.63, 3.8) is 0 Å². The quantitative estimate of drug-likeness (QED) is 0.681. The number of aromatic nitrogens is 1. The zero-order chi connectivity index (χ0) is 19.3. The molecule has 3 aromatic rings. The van der Waals surface area contributed by atoms with Gasteiger partial charge < -0.3 is 10.1 Å². The molecule has 138 valence electrons. The molecular weight excluding hydrogens is 366 g/mol. The van der Waals surface area contributed by atoms with Crippen LogP contribution >= 0.6 is 0 Å². The van der Waals surface area contributed by atoms with Gasteiger partial charge in [-0.3, -0.25) is 14.5 Å². The minimum atomic E-state index is -3.84. The maximum Gasteiger partial charge on any atom is 0.261 e. The fraction of sp³-hybridized carbons (Fsp3) is 0.0526. The van der Waals surface area contributed by atoms with Crippen molar-refractivity contribution in [3.05, 3.63) is 78.6 Å². The van der Waals surface area contributed by atoms with Crippen molar-refractivity contribution in [1.29, 1.82) is 0 Å². The summed E-state index contributed by atoms with van der Waals surface area (Å²) in [6.45, 7) is 0. The van der Waals surface area contributed by atoms with E-state index >= 15 is 0 Å². The number of ether oxygens (including phenoxy) is 1. The number of hydrogen-bond donors (Lipinski definition) is 2. The number of pyridine rings is 1. The molecule has 0 spiro atoms. The molecule has 2 aromatic carbocycles. The van der Waals surface area contributed by atoms with Gasteiger partial charge in [0.05, 0.1) is 12.0 Å². The van der Waals surface area contributed by atoms with Crippen LogP contribution in [-0.2, 0) is 10.0 Å². The van der Waals surface area contributed by atoms with Gasteiger partial charge in [-0.25, -0.2) is 8.42 Å². The van der Waals surface area contributed by atoms with Gasteiger partial charge in [0, 0.05) is 29.3 Å². The lowest BCUT2D eigenvalue weighted by Gasteiger charge is -2.10. The maximum atomic E-state index is 12.6. The largest absolute Gasteiger partial charge is 0.497 e. The normalized spacial score (nSPS) is 10.9. The Morgan fingerprint density at radius 1 is 0.963 bits per heavy atom. The van der Waals surface area contributed by atoms with Crippen molar-refractivity contribution in [2.45, 2.75) is 4.90 Å². The molecule has 0 atom stereocenters. The number of nitrogens with one attached hydrogen (secondary N) is 2. The zero-order valence-corrected chi connectivity index (χ0v) is 15.2. The number of carbonyl (C=O) groups excluding carboxylic acids is 1. The lowest BCUT2D eigenvalue weighted by Crippen LogP contribution is -2.16. The average molecular weight is 383 g/mol. The van der Waals surface area contributed by atoms with Gasteiger partial charge in [0.15, 0.2) is 0 Å². The summed E-state index contributed by atoms with van der Waals surface area (Å²) in [5, 5.41) is 2.69. The molecule has 2 N–H and O–H groups in total. The number of nitrogens with zero attached hydrogens (tertiary/aromatic N) is 1. The van der Waals surface area contributed by atoms with Gasteiger partial charge in [-0.2, -0.15) is 0 Å². The fourth-order valence-electron chi connectivity index (χ4n) is 2.32. The zero-order valence-electron chi connectivity index (χ0n) is 14.4. The lowest BCUT2D eigenvalue weighted by molar-refractivity contribution is 0.102. The van der Waals surface area contributed by atoms with E-state index in [0.717, 1.165) is 0 Å². The highest BCUT2D eigenvalue weighted by Crippen LogP contribution is 2.20. The van der Waals surface area contributed by atoms with Crippen LogP contribution in [0.5, 0.6) is 5.75 Å². The van der Waals surface area contributed by atoms with Gasteiger partial charge in [-0.1, -0.05) is 6.07 Å². The van der Waals surface area contributed by atoms with Gasteiger partial charge in [0.25, 0.3) is 15.9 Å². The first-order valence-corrected chi connectivity index (χ1v) is 9.44. The highest BCUT2D eigenvalue weighted by molar-refractivity contribution is 7.92. The number of carbonyl (C=O) groups is 1. The van der Waals surface area contributed by atoms with E-state index in [1.54, 1.807) is 54.9 Å². The minimum absolute atomic E-state index is 0.0132. The second-order valence-electron chi connectivity index (χ2n) is 5.55. The number of anilines is 2. The Balaban J connectivity index is 1.79. The third-order valence-corrected chi connectivity index (χ3v) is 5.07. The first-order valence-electron chi connectivity index (χ1n) is 7.96. The third-order valence-electron chi connectivity index (χ3n) is 3.69. The molecule has 1 aromatic heterocycles. The van der Waals surface area contributed by atoms with E-state index in [0.29, 0.717) is 17.1 Å². The highest BCUT2D eigenvalue weighted by atomic mass is 32.2. The summed E-state index contributed by atoms with van der Waals surface area (Å²) in [6, 6.07) is 15.6. The van der Waals surface area contributed by atoms with E-state index in [1.165, 1.54) is 25.3 Å². The molecule has 0 fully saturated rings. The SMILES string of the molecule is COc1ccc(NS(=O)(=O)c2cccc(C(=O)Nc3ccncc3)c2)cc1. The van der Waals surface area contributed by atoms with Crippen LogP contribution in [0.2, 0.25) is 0 Å². The summed E-state index contributed by atoms with van der Waals surface area (Å²) in [5.74, 6) is 0.204. The van der Waals surface area contributed by atoms with Crippen LogP contribution in [0.3, 0.4) is 0 Å². The van der Waals surface area contributed by atoms with Crippen LogP contribution in [0.15, 0.2) is 78.0 Å². The van der Waals surface area contributed by atoms with E-state index in [9.17, 15) is 13.2 Å². The van der Waals surface area contributed by atoms with Gasteiger partial charge >= 0.3 is 0 Å². The van der Waals surface area contributed by atoms with Crippen LogP contribution < -0.4 is 14.8 Å². The Bertz CT molecular complexity index is 1040. The van der Waals surface area contributed by atoms with E-state index in [4.69, 9.17) is 4.74 Å². The van der Waals surface area contributed by atoms with Crippen LogP contribution in [0.25, 0.3) is 0 Å². The molecule has 0 unspecified atom stereocenters. The fourth-order valence-corrected chi connectivity index (χ4v) is 3.42. The lowest BCUT2D eigenvalue weighted by atomic mass is 10.2. The monoisotopic (exact) mass is 383 g/mol. The maximum absolute atomic E-state index is 12.6. The number of rotatable bonds is 6. The molecule has 0 radical (unpaired) electrons. The Kier molecular flexibility index (Phi) is 5.37. The van der Waals surface area contributed by atoms with Crippen LogP contribution in [0.4, 0.5) is 11.4 Å². The standard InChI is InChI=1S/C19H17N3O4S/c1-26-17-7-5-16(6-8-17)22-27(24,25)18-4-2-3-14(13-18)19(23)21-15-9-11-20-12-10-15/h2-13,22H,1H3,(H,20,21,23). The minimum Gasteiger partial charge on any atom is -0.497 e. The Morgan fingerprint density at radius 3 is 2.33 bits per heavy atom. The molecule has 1 amide bonds. The molecule has 0 aliphatic heterocycles. The molecule has 7 nitrogen and oxygen atoms in total. The summed E-state index contributed by atoms with van der Waals surface area (Å²) >= 11 is 0. The van der Waals surface area contributed by atoms with Crippen molar-refractivity contribution in [2.75, 3.05) is 17.1 Å². The second-order valence-corrected chi connectivity index (χ2v) is 7.23. The molecule has 0 aliphatic rings. The van der Waals surface area contributed by atoms with Crippen LogP contribution in [-0.4, -0.2) is 26.4 Å². The topological polar surface area (TPSA) is 97.4 Å². The Labute approximate surface area is 157 Å². The predicted molar refractivity (Wildman–Crippen MR) is 102 cm³/mol. The second kappa shape index (κ2) is 7.88. The molecule has 0 bridgehead atoms. The van der Waals surface area contributed by atoms with E-state index in [1.807, 2.05) is 0 Å². The first-order chi connectivity index (χ1) is 13.0. The average Bonchev–Trinajstić information content (AvgIpc) is 2.69. The summed E-state index contributed by atoms with van der Waals surface area (Å²) in [4.78, 5) is 16.2. The van der Waals surface area contributed by atoms with E-state index in [-0.39, 0.29) is 10.5 Å². The number of hydrogen-bond acceptors (Lipinski definition) is 5.